The molecule has 1 atom stereocenters. The van der Waals surface area contributed by atoms with Crippen molar-refractivity contribution in [3.63, 3.8) is 0 Å². The van der Waals surface area contributed by atoms with Gasteiger partial charge in [-0.1, -0.05) is 0 Å². The van der Waals surface area contributed by atoms with Gasteiger partial charge in [-0.3, -0.25) is 4.98 Å². The third-order valence-corrected chi connectivity index (χ3v) is 4.19. The molecular weight excluding hydrogens is 290 g/mol. The van der Waals surface area contributed by atoms with Crippen LogP contribution in [0.2, 0.25) is 0 Å². The number of hydrogen-bond donors (Lipinski definition) is 1. The molecule has 128 valence electrons. The van der Waals surface area contributed by atoms with Crippen LogP contribution in [0.25, 0.3) is 0 Å². The maximum Gasteiger partial charge on any atom is 0.410 e. The van der Waals surface area contributed by atoms with Crippen molar-refractivity contribution in [1.29, 1.82) is 0 Å². The van der Waals surface area contributed by atoms with Gasteiger partial charge in [0.2, 0.25) is 0 Å². The highest BCUT2D eigenvalue weighted by Gasteiger charge is 2.26. The van der Waals surface area contributed by atoms with Gasteiger partial charge in [0.05, 0.1) is 0 Å². The van der Waals surface area contributed by atoms with E-state index in [2.05, 4.69) is 17.2 Å². The van der Waals surface area contributed by atoms with E-state index in [0.29, 0.717) is 12.0 Å². The molecule has 5 heteroatoms. The molecule has 5 nitrogen and oxygen atoms in total. The zero-order valence-electron chi connectivity index (χ0n) is 14.7. The van der Waals surface area contributed by atoms with Gasteiger partial charge in [-0.15, -0.1) is 0 Å². The van der Waals surface area contributed by atoms with E-state index in [1.54, 1.807) is 0 Å². The molecule has 1 aliphatic rings. The van der Waals surface area contributed by atoms with Gasteiger partial charge < -0.3 is 15.0 Å². The summed E-state index contributed by atoms with van der Waals surface area (Å²) in [6, 6.07) is 4.41. The summed E-state index contributed by atoms with van der Waals surface area (Å²) < 4.78 is 5.43. The highest BCUT2D eigenvalue weighted by atomic mass is 16.6. The maximum atomic E-state index is 12.1. The Morgan fingerprint density at radius 1 is 1.35 bits per heavy atom. The van der Waals surface area contributed by atoms with Crippen LogP contribution in [0.4, 0.5) is 4.79 Å². The summed E-state index contributed by atoms with van der Waals surface area (Å²) in [5, 5.41) is 3.59. The standard InChI is InChI=1S/C18H29N3O2/c1-14(16-5-9-19-10-6-16)20-13-15-7-11-21(12-8-15)17(22)23-18(2,3)4/h5-6,9-10,14-15,20H,7-8,11-13H2,1-4H3/t14-/m1/s1. The summed E-state index contributed by atoms with van der Waals surface area (Å²) in [4.78, 5) is 17.9. The summed E-state index contributed by atoms with van der Waals surface area (Å²) in [5.74, 6) is 0.609. The normalized spacial score (nSPS) is 17.8. The lowest BCUT2D eigenvalue weighted by Gasteiger charge is -2.34. The third kappa shape index (κ3) is 5.82. The number of rotatable bonds is 4. The van der Waals surface area contributed by atoms with Crippen LogP contribution in [-0.4, -0.2) is 41.2 Å². The number of amides is 1. The number of piperidine rings is 1. The molecule has 0 aromatic carbocycles. The van der Waals surface area contributed by atoms with Crippen LogP contribution in [-0.2, 0) is 4.74 Å². The number of ether oxygens (including phenoxy) is 1. The van der Waals surface area contributed by atoms with E-state index < -0.39 is 5.60 Å². The van der Waals surface area contributed by atoms with Crippen molar-refractivity contribution in [3.8, 4) is 0 Å². The molecular formula is C18H29N3O2. The Hall–Kier alpha value is -1.62. The largest absolute Gasteiger partial charge is 0.444 e. The number of nitrogens with zero attached hydrogens (tertiary/aromatic N) is 2. The molecule has 1 amide bonds. The molecule has 2 rings (SSSR count). The topological polar surface area (TPSA) is 54.5 Å². The van der Waals surface area contributed by atoms with Gasteiger partial charge in [-0.25, -0.2) is 4.79 Å². The molecule has 1 N–H and O–H groups in total. The van der Waals surface area contributed by atoms with E-state index >= 15 is 0 Å². The highest BCUT2D eigenvalue weighted by Crippen LogP contribution is 2.20. The molecule has 0 saturated carbocycles. The molecule has 0 aliphatic carbocycles. The minimum Gasteiger partial charge on any atom is -0.444 e. The lowest BCUT2D eigenvalue weighted by molar-refractivity contribution is 0.0183. The first-order valence-corrected chi connectivity index (χ1v) is 8.46. The summed E-state index contributed by atoms with van der Waals surface area (Å²) in [5.41, 5.74) is 0.835. The third-order valence-electron chi connectivity index (χ3n) is 4.19. The summed E-state index contributed by atoms with van der Waals surface area (Å²) >= 11 is 0. The van der Waals surface area contributed by atoms with Gasteiger partial charge in [0.1, 0.15) is 5.60 Å². The Morgan fingerprint density at radius 2 is 1.96 bits per heavy atom. The fraction of sp³-hybridized carbons (Fsp3) is 0.667. The van der Waals surface area contributed by atoms with Gasteiger partial charge in [-0.2, -0.15) is 0 Å². The molecule has 0 spiro atoms. The van der Waals surface area contributed by atoms with Crippen LogP contribution in [0.3, 0.4) is 0 Å². The molecule has 1 aromatic rings. The summed E-state index contributed by atoms with van der Waals surface area (Å²) in [6.45, 7) is 10.4. The van der Waals surface area contributed by atoms with E-state index in [0.717, 1.165) is 32.5 Å². The fourth-order valence-electron chi connectivity index (χ4n) is 2.76. The summed E-state index contributed by atoms with van der Waals surface area (Å²) in [6.07, 6.45) is 5.51. The smallest absolute Gasteiger partial charge is 0.410 e. The van der Waals surface area contributed by atoms with Gasteiger partial charge >= 0.3 is 6.09 Å². The zero-order chi connectivity index (χ0) is 16.9. The minimum atomic E-state index is -0.421. The molecule has 1 aromatic heterocycles. The highest BCUT2D eigenvalue weighted by molar-refractivity contribution is 5.68. The van der Waals surface area contributed by atoms with Crippen molar-refractivity contribution in [2.75, 3.05) is 19.6 Å². The Morgan fingerprint density at radius 3 is 2.52 bits per heavy atom. The number of nitrogens with one attached hydrogen (secondary N) is 1. The first kappa shape index (κ1) is 17.7. The predicted molar refractivity (Wildman–Crippen MR) is 91.2 cm³/mol. The fourth-order valence-corrected chi connectivity index (χ4v) is 2.76. The molecule has 0 unspecified atom stereocenters. The molecule has 0 bridgehead atoms. The van der Waals surface area contributed by atoms with Crippen molar-refractivity contribution in [2.45, 2.75) is 52.2 Å². The molecule has 1 fully saturated rings. The monoisotopic (exact) mass is 319 g/mol. The number of aromatic nitrogens is 1. The zero-order valence-corrected chi connectivity index (χ0v) is 14.7. The molecule has 0 radical (unpaired) electrons. The lowest BCUT2D eigenvalue weighted by Crippen LogP contribution is -2.43. The number of pyridine rings is 1. The van der Waals surface area contributed by atoms with Crippen LogP contribution in [0.15, 0.2) is 24.5 Å². The number of hydrogen-bond acceptors (Lipinski definition) is 4. The number of likely N-dealkylation sites (tertiary alicyclic amines) is 1. The minimum absolute atomic E-state index is 0.186. The Balaban J connectivity index is 1.72. The van der Waals surface area contributed by atoms with Crippen LogP contribution < -0.4 is 5.32 Å². The first-order chi connectivity index (χ1) is 10.8. The second-order valence-electron chi connectivity index (χ2n) is 7.32. The van der Waals surface area contributed by atoms with Crippen LogP contribution in [0.1, 0.15) is 52.1 Å². The molecule has 1 aliphatic heterocycles. The Kier molecular flexibility index (Phi) is 5.99. The predicted octanol–water partition coefficient (Wildman–Crippen LogP) is 3.38. The van der Waals surface area contributed by atoms with Gasteiger partial charge in [0, 0.05) is 31.5 Å². The van der Waals surface area contributed by atoms with E-state index in [4.69, 9.17) is 4.74 Å². The van der Waals surface area contributed by atoms with Crippen molar-refractivity contribution in [3.05, 3.63) is 30.1 Å². The maximum absolute atomic E-state index is 12.1. The molecule has 2 heterocycles. The second kappa shape index (κ2) is 7.77. The van der Waals surface area contributed by atoms with Crippen molar-refractivity contribution in [1.82, 2.24) is 15.2 Å². The van der Waals surface area contributed by atoms with Crippen LogP contribution in [0, 0.1) is 5.92 Å². The van der Waals surface area contributed by atoms with Crippen LogP contribution in [0.5, 0.6) is 0 Å². The Bertz CT molecular complexity index is 491. The van der Waals surface area contributed by atoms with E-state index in [9.17, 15) is 4.79 Å². The van der Waals surface area contributed by atoms with Gasteiger partial charge in [0.25, 0.3) is 0 Å². The Labute approximate surface area is 139 Å². The number of carbonyl (C=O) groups excluding carboxylic acids is 1. The number of carbonyl (C=O) groups is 1. The van der Waals surface area contributed by atoms with Crippen molar-refractivity contribution >= 4 is 6.09 Å². The van der Waals surface area contributed by atoms with Crippen LogP contribution >= 0.6 is 0 Å². The van der Waals surface area contributed by atoms with Crippen molar-refractivity contribution < 1.29 is 9.53 Å². The average Bonchev–Trinajstić information content (AvgIpc) is 2.52. The molecule has 23 heavy (non-hydrogen) atoms. The van der Waals surface area contributed by atoms with Crippen molar-refractivity contribution in [2.24, 2.45) is 5.92 Å². The summed E-state index contributed by atoms with van der Waals surface area (Å²) in [7, 11) is 0. The van der Waals surface area contributed by atoms with Gasteiger partial charge in [-0.05, 0) is 70.7 Å². The van der Waals surface area contributed by atoms with E-state index in [1.165, 1.54) is 5.56 Å². The first-order valence-electron chi connectivity index (χ1n) is 8.46. The SMILES string of the molecule is C[C@@H](NCC1CCN(C(=O)OC(C)(C)C)CC1)c1ccncc1. The molecule has 1 saturated heterocycles. The van der Waals surface area contributed by atoms with E-state index in [-0.39, 0.29) is 6.09 Å². The average molecular weight is 319 g/mol. The quantitative estimate of drug-likeness (QED) is 0.924. The van der Waals surface area contributed by atoms with Gasteiger partial charge in [0.15, 0.2) is 0 Å². The lowest BCUT2D eigenvalue weighted by atomic mass is 9.96. The van der Waals surface area contributed by atoms with E-state index in [1.807, 2.05) is 50.2 Å². The second-order valence-corrected chi connectivity index (χ2v) is 7.32.